The minimum atomic E-state index is -4.21. The van der Waals surface area contributed by atoms with Crippen molar-refractivity contribution >= 4 is 6.69 Å². The highest BCUT2D eigenvalue weighted by Crippen LogP contribution is 2.37. The topological polar surface area (TPSA) is 21.7 Å². The zero-order chi connectivity index (χ0) is 15.6. The molecule has 0 aliphatic carbocycles. The molecule has 2 aliphatic rings. The fourth-order valence-electron chi connectivity index (χ4n) is 3.48. The summed E-state index contributed by atoms with van der Waals surface area (Å²) in [6, 6.07) is 9.90. The van der Waals surface area contributed by atoms with Crippen LogP contribution in [0.25, 0.3) is 0 Å². The molecular formula is C15H20BF3NO2-. The van der Waals surface area contributed by atoms with Gasteiger partial charge in [0.05, 0.1) is 6.42 Å². The van der Waals surface area contributed by atoms with E-state index in [0.29, 0.717) is 12.9 Å². The van der Waals surface area contributed by atoms with E-state index in [1.807, 2.05) is 30.3 Å². The SMILES string of the molecule is FC(F)(F)CC1CO[B-]2(CCCCN2Cc2ccccc2)O1. The Morgan fingerprint density at radius 1 is 1.18 bits per heavy atom. The van der Waals surface area contributed by atoms with Crippen LogP contribution in [0.15, 0.2) is 30.3 Å². The molecule has 122 valence electrons. The quantitative estimate of drug-likeness (QED) is 0.796. The molecule has 1 aromatic carbocycles. The van der Waals surface area contributed by atoms with Gasteiger partial charge in [-0.15, -0.1) is 6.32 Å². The lowest BCUT2D eigenvalue weighted by molar-refractivity contribution is -0.149. The Morgan fingerprint density at radius 3 is 2.68 bits per heavy atom. The molecule has 7 heteroatoms. The molecule has 2 saturated heterocycles. The number of benzene rings is 1. The van der Waals surface area contributed by atoms with E-state index in [9.17, 15) is 13.2 Å². The Morgan fingerprint density at radius 2 is 1.95 bits per heavy atom. The van der Waals surface area contributed by atoms with Crippen LogP contribution in [0.2, 0.25) is 6.32 Å². The molecule has 3 nitrogen and oxygen atoms in total. The highest BCUT2D eigenvalue weighted by molar-refractivity contribution is 6.65. The highest BCUT2D eigenvalue weighted by Gasteiger charge is 2.45. The van der Waals surface area contributed by atoms with Crippen molar-refractivity contribution in [3.63, 3.8) is 0 Å². The van der Waals surface area contributed by atoms with Gasteiger partial charge < -0.3 is 14.1 Å². The van der Waals surface area contributed by atoms with E-state index >= 15 is 0 Å². The van der Waals surface area contributed by atoms with Crippen molar-refractivity contribution in [1.82, 2.24) is 4.81 Å². The predicted octanol–water partition coefficient (Wildman–Crippen LogP) is 3.59. The summed E-state index contributed by atoms with van der Waals surface area (Å²) < 4.78 is 49.3. The summed E-state index contributed by atoms with van der Waals surface area (Å²) in [7, 11) is 0. The predicted molar refractivity (Wildman–Crippen MR) is 78.1 cm³/mol. The number of nitrogens with zero attached hydrogens (tertiary/aromatic N) is 1. The maximum absolute atomic E-state index is 12.6. The molecule has 1 aromatic rings. The van der Waals surface area contributed by atoms with Crippen LogP contribution in [-0.2, 0) is 15.9 Å². The van der Waals surface area contributed by atoms with Gasteiger partial charge in [-0.05, 0) is 25.1 Å². The molecule has 3 rings (SSSR count). The third-order valence-corrected chi connectivity index (χ3v) is 4.46. The molecule has 0 bridgehead atoms. The Bertz CT molecular complexity index is 499. The van der Waals surface area contributed by atoms with E-state index in [0.717, 1.165) is 24.9 Å². The van der Waals surface area contributed by atoms with Gasteiger partial charge in [-0.1, -0.05) is 36.8 Å². The molecule has 2 fully saturated rings. The van der Waals surface area contributed by atoms with Crippen LogP contribution in [0.5, 0.6) is 0 Å². The third kappa shape index (κ3) is 3.64. The number of halogens is 3. The van der Waals surface area contributed by atoms with Gasteiger partial charge >= 0.3 is 12.9 Å². The summed E-state index contributed by atoms with van der Waals surface area (Å²) in [4.78, 5) is 2.09. The Balaban J connectivity index is 1.70. The Hall–Kier alpha value is -1.05. The molecule has 0 saturated carbocycles. The van der Waals surface area contributed by atoms with E-state index in [2.05, 4.69) is 4.81 Å². The largest absolute Gasteiger partial charge is 0.553 e. The van der Waals surface area contributed by atoms with E-state index in [-0.39, 0.29) is 6.61 Å². The summed E-state index contributed by atoms with van der Waals surface area (Å²) >= 11 is 0. The monoisotopic (exact) mass is 314 g/mol. The first-order valence-corrected chi connectivity index (χ1v) is 7.80. The first-order valence-electron chi connectivity index (χ1n) is 7.80. The van der Waals surface area contributed by atoms with Gasteiger partial charge in [-0.3, -0.25) is 0 Å². The highest BCUT2D eigenvalue weighted by atomic mass is 19.4. The molecule has 0 aromatic heterocycles. The molecule has 0 N–H and O–H groups in total. The van der Waals surface area contributed by atoms with Gasteiger partial charge in [-0.2, -0.15) is 13.2 Å². The second-order valence-electron chi connectivity index (χ2n) is 6.19. The lowest BCUT2D eigenvalue weighted by atomic mass is 9.61. The maximum atomic E-state index is 12.6. The van der Waals surface area contributed by atoms with Crippen LogP contribution in [0, 0.1) is 0 Å². The van der Waals surface area contributed by atoms with E-state index < -0.39 is 25.4 Å². The smallest absolute Gasteiger partial charge is 0.391 e. The van der Waals surface area contributed by atoms with E-state index in [1.165, 1.54) is 0 Å². The molecule has 1 spiro atoms. The van der Waals surface area contributed by atoms with Crippen LogP contribution < -0.4 is 0 Å². The van der Waals surface area contributed by atoms with Crippen LogP contribution >= 0.6 is 0 Å². The molecule has 0 amide bonds. The van der Waals surface area contributed by atoms with Crippen molar-refractivity contribution in [2.75, 3.05) is 13.2 Å². The van der Waals surface area contributed by atoms with Crippen molar-refractivity contribution in [3.05, 3.63) is 35.9 Å². The normalized spacial score (nSPS) is 30.0. The Kier molecular flexibility index (Phi) is 4.48. The minimum absolute atomic E-state index is 0.0325. The molecule has 2 aliphatic heterocycles. The molecule has 2 heterocycles. The number of rotatable bonds is 3. The average molecular weight is 314 g/mol. The number of alkyl halides is 3. The van der Waals surface area contributed by atoms with Crippen molar-refractivity contribution < 1.29 is 22.5 Å². The molecule has 2 atom stereocenters. The minimum Gasteiger partial charge on any atom is -0.553 e. The summed E-state index contributed by atoms with van der Waals surface area (Å²) in [6.45, 7) is -0.254. The first kappa shape index (κ1) is 15.8. The second-order valence-corrected chi connectivity index (χ2v) is 6.19. The van der Waals surface area contributed by atoms with Crippen molar-refractivity contribution in [2.45, 2.75) is 44.4 Å². The van der Waals surface area contributed by atoms with Gasteiger partial charge in [0.25, 0.3) is 0 Å². The van der Waals surface area contributed by atoms with Gasteiger partial charge in [0.2, 0.25) is 0 Å². The number of hydrogen-bond acceptors (Lipinski definition) is 3. The van der Waals surface area contributed by atoms with Crippen LogP contribution in [0.1, 0.15) is 24.8 Å². The first-order chi connectivity index (χ1) is 10.5. The zero-order valence-electron chi connectivity index (χ0n) is 12.4. The second kappa shape index (κ2) is 6.22. The summed E-state index contributed by atoms with van der Waals surface area (Å²) in [5.74, 6) is 0. The maximum Gasteiger partial charge on any atom is 0.391 e. The fourth-order valence-corrected chi connectivity index (χ4v) is 3.48. The fraction of sp³-hybridized carbons (Fsp3) is 0.600. The lowest BCUT2D eigenvalue weighted by Crippen LogP contribution is -2.57. The van der Waals surface area contributed by atoms with Gasteiger partial charge in [0.15, 0.2) is 0 Å². The van der Waals surface area contributed by atoms with Gasteiger partial charge in [0, 0.05) is 12.7 Å². The van der Waals surface area contributed by atoms with Crippen molar-refractivity contribution in [1.29, 1.82) is 0 Å². The van der Waals surface area contributed by atoms with Crippen LogP contribution in [0.3, 0.4) is 0 Å². The van der Waals surface area contributed by atoms with Crippen molar-refractivity contribution in [3.8, 4) is 0 Å². The number of hydrogen-bond donors (Lipinski definition) is 0. The molecule has 2 unspecified atom stereocenters. The van der Waals surface area contributed by atoms with Gasteiger partial charge in [-0.25, -0.2) is 0 Å². The zero-order valence-corrected chi connectivity index (χ0v) is 12.4. The lowest BCUT2D eigenvalue weighted by Gasteiger charge is -2.50. The molecular weight excluding hydrogens is 294 g/mol. The summed E-state index contributed by atoms with van der Waals surface area (Å²) in [6.07, 6.45) is -3.39. The van der Waals surface area contributed by atoms with Gasteiger partial charge in [0.1, 0.15) is 0 Å². The van der Waals surface area contributed by atoms with Crippen LogP contribution in [0.4, 0.5) is 13.2 Å². The standard InChI is InChI=1S/C15H20BF3NO2/c17-15(18,19)10-14-12-21-16(22-14)8-4-5-9-20(16)11-13-6-2-1-3-7-13/h1-3,6-7,14H,4-5,8-12H2/q-1. The summed E-state index contributed by atoms with van der Waals surface area (Å²) in [5, 5.41) is 0. The van der Waals surface area contributed by atoms with Crippen LogP contribution in [-0.4, -0.2) is 36.9 Å². The summed E-state index contributed by atoms with van der Waals surface area (Å²) in [5.41, 5.74) is 1.12. The molecule has 0 radical (unpaired) electrons. The van der Waals surface area contributed by atoms with E-state index in [4.69, 9.17) is 9.31 Å². The third-order valence-electron chi connectivity index (χ3n) is 4.46. The Labute approximate surface area is 128 Å². The van der Waals surface area contributed by atoms with Crippen molar-refractivity contribution in [2.24, 2.45) is 0 Å². The average Bonchev–Trinajstić information content (AvgIpc) is 2.84. The van der Waals surface area contributed by atoms with E-state index in [1.54, 1.807) is 0 Å². The molecule has 22 heavy (non-hydrogen) atoms.